The molecule has 2 aromatic heterocycles. The van der Waals surface area contributed by atoms with Gasteiger partial charge in [0.05, 0.1) is 11.7 Å². The second-order valence-corrected chi connectivity index (χ2v) is 6.15. The molecular formula is C13H16ClN3S. The Hall–Kier alpha value is -1.26. The summed E-state index contributed by atoms with van der Waals surface area (Å²) < 4.78 is 0. The molecule has 18 heavy (non-hydrogen) atoms. The predicted molar refractivity (Wildman–Crippen MR) is 79.5 cm³/mol. The number of hydrogen-bond acceptors (Lipinski definition) is 4. The van der Waals surface area contributed by atoms with Crippen molar-refractivity contribution in [1.82, 2.24) is 4.98 Å². The summed E-state index contributed by atoms with van der Waals surface area (Å²) in [6, 6.07) is 5.80. The molecule has 0 aliphatic rings. The molecule has 1 atom stereocenters. The highest BCUT2D eigenvalue weighted by atomic mass is 35.5. The first kappa shape index (κ1) is 13.2. The van der Waals surface area contributed by atoms with Gasteiger partial charge in [-0.2, -0.15) is 0 Å². The number of hydrogen-bond donors (Lipinski definition) is 2. The molecule has 0 amide bonds. The van der Waals surface area contributed by atoms with Gasteiger partial charge in [-0.15, -0.1) is 11.3 Å². The Labute approximate surface area is 116 Å². The van der Waals surface area contributed by atoms with Crippen LogP contribution in [0.5, 0.6) is 0 Å². The summed E-state index contributed by atoms with van der Waals surface area (Å²) in [6.45, 7) is 6.33. The fraction of sp³-hybridized carbons (Fsp3) is 0.308. The largest absolute Gasteiger partial charge is 0.396 e. The van der Waals surface area contributed by atoms with E-state index < -0.39 is 0 Å². The minimum atomic E-state index is 0.156. The Morgan fingerprint density at radius 1 is 1.39 bits per heavy atom. The summed E-state index contributed by atoms with van der Waals surface area (Å²) in [4.78, 5) is 6.83. The second-order valence-electron chi connectivity index (χ2n) is 4.31. The van der Waals surface area contributed by atoms with Crippen LogP contribution in [0, 0.1) is 13.8 Å². The number of nitrogens with one attached hydrogen (secondary N) is 1. The van der Waals surface area contributed by atoms with Crippen LogP contribution < -0.4 is 11.1 Å². The molecule has 0 aromatic carbocycles. The van der Waals surface area contributed by atoms with Crippen LogP contribution >= 0.6 is 22.9 Å². The van der Waals surface area contributed by atoms with E-state index in [0.717, 1.165) is 0 Å². The first-order valence-electron chi connectivity index (χ1n) is 5.73. The van der Waals surface area contributed by atoms with Crippen LogP contribution in [-0.4, -0.2) is 4.98 Å². The van der Waals surface area contributed by atoms with E-state index in [-0.39, 0.29) is 6.04 Å². The Morgan fingerprint density at radius 3 is 2.72 bits per heavy atom. The van der Waals surface area contributed by atoms with Crippen molar-refractivity contribution in [3.05, 3.63) is 38.7 Å². The van der Waals surface area contributed by atoms with Gasteiger partial charge in [-0.1, -0.05) is 11.6 Å². The molecule has 2 heterocycles. The van der Waals surface area contributed by atoms with Gasteiger partial charge in [-0.05, 0) is 44.5 Å². The third-order valence-corrected chi connectivity index (χ3v) is 3.98. The average molecular weight is 282 g/mol. The maximum Gasteiger partial charge on any atom is 0.151 e. The fourth-order valence-electron chi connectivity index (χ4n) is 1.92. The van der Waals surface area contributed by atoms with Crippen molar-refractivity contribution >= 4 is 34.4 Å². The topological polar surface area (TPSA) is 50.9 Å². The van der Waals surface area contributed by atoms with E-state index >= 15 is 0 Å². The van der Waals surface area contributed by atoms with E-state index in [2.05, 4.69) is 37.1 Å². The molecule has 0 spiro atoms. The molecule has 96 valence electrons. The first-order chi connectivity index (χ1) is 8.47. The second kappa shape index (κ2) is 5.16. The van der Waals surface area contributed by atoms with Gasteiger partial charge in [0.25, 0.3) is 0 Å². The van der Waals surface area contributed by atoms with Gasteiger partial charge >= 0.3 is 0 Å². The standard InChI is InChI=1S/C13H16ClN3S/c1-7-6-10(9(3)18-7)8(2)16-13-11(15)4-5-12(14)17-13/h4-6,8H,15H2,1-3H3,(H,16,17). The fourth-order valence-corrected chi connectivity index (χ4v) is 3.09. The summed E-state index contributed by atoms with van der Waals surface area (Å²) >= 11 is 7.67. The number of halogens is 1. The van der Waals surface area contributed by atoms with Gasteiger partial charge in [-0.25, -0.2) is 4.98 Å². The number of nitrogen functional groups attached to an aromatic ring is 1. The summed E-state index contributed by atoms with van der Waals surface area (Å²) in [6.07, 6.45) is 0. The van der Waals surface area contributed by atoms with Crippen molar-refractivity contribution in [2.75, 3.05) is 11.1 Å². The maximum absolute atomic E-state index is 5.88. The molecule has 1 unspecified atom stereocenters. The quantitative estimate of drug-likeness (QED) is 0.830. The number of anilines is 2. The van der Waals surface area contributed by atoms with Gasteiger partial charge in [0, 0.05) is 9.75 Å². The lowest BCUT2D eigenvalue weighted by Gasteiger charge is -2.16. The molecule has 0 aliphatic carbocycles. The number of aryl methyl sites for hydroxylation is 2. The summed E-state index contributed by atoms with van der Waals surface area (Å²) in [5.74, 6) is 0.637. The van der Waals surface area contributed by atoms with Crippen molar-refractivity contribution in [3.63, 3.8) is 0 Å². The molecule has 3 N–H and O–H groups in total. The molecule has 2 rings (SSSR count). The number of nitrogens with two attached hydrogens (primary N) is 1. The molecule has 0 radical (unpaired) electrons. The zero-order valence-electron chi connectivity index (χ0n) is 10.6. The zero-order chi connectivity index (χ0) is 13.3. The molecule has 5 heteroatoms. The number of thiophene rings is 1. The van der Waals surface area contributed by atoms with E-state index in [1.807, 2.05) is 0 Å². The van der Waals surface area contributed by atoms with Gasteiger partial charge in [0.1, 0.15) is 5.15 Å². The highest BCUT2D eigenvalue weighted by molar-refractivity contribution is 7.12. The minimum Gasteiger partial charge on any atom is -0.396 e. The number of aromatic nitrogens is 1. The van der Waals surface area contributed by atoms with E-state index in [9.17, 15) is 0 Å². The Balaban J connectivity index is 2.23. The van der Waals surface area contributed by atoms with Crippen LogP contribution in [0.15, 0.2) is 18.2 Å². The van der Waals surface area contributed by atoms with Crippen LogP contribution in [0.25, 0.3) is 0 Å². The normalized spacial score (nSPS) is 12.4. The van der Waals surface area contributed by atoms with Crippen LogP contribution in [0.3, 0.4) is 0 Å². The number of pyridine rings is 1. The predicted octanol–water partition coefficient (Wildman–Crippen LogP) is 4.17. The van der Waals surface area contributed by atoms with Gasteiger partial charge in [-0.3, -0.25) is 0 Å². The van der Waals surface area contributed by atoms with Crippen molar-refractivity contribution in [1.29, 1.82) is 0 Å². The lowest BCUT2D eigenvalue weighted by Crippen LogP contribution is -2.10. The molecule has 2 aromatic rings. The molecule has 0 aliphatic heterocycles. The van der Waals surface area contributed by atoms with Crippen LogP contribution in [0.4, 0.5) is 11.5 Å². The van der Waals surface area contributed by atoms with Crippen molar-refractivity contribution in [3.8, 4) is 0 Å². The van der Waals surface area contributed by atoms with E-state index in [4.69, 9.17) is 17.3 Å². The van der Waals surface area contributed by atoms with Gasteiger partial charge in [0.15, 0.2) is 5.82 Å². The summed E-state index contributed by atoms with van der Waals surface area (Å²) in [5, 5.41) is 3.75. The Bertz CT molecular complexity index is 565. The average Bonchev–Trinajstić information content (AvgIpc) is 2.63. The van der Waals surface area contributed by atoms with Crippen LogP contribution in [0.1, 0.15) is 28.3 Å². The molecule has 0 fully saturated rings. The SMILES string of the molecule is Cc1cc(C(C)Nc2nc(Cl)ccc2N)c(C)s1. The van der Waals surface area contributed by atoms with Crippen molar-refractivity contribution < 1.29 is 0 Å². The lowest BCUT2D eigenvalue weighted by atomic mass is 10.1. The number of nitrogens with zero attached hydrogens (tertiary/aromatic N) is 1. The van der Waals surface area contributed by atoms with Gasteiger partial charge in [0.2, 0.25) is 0 Å². The van der Waals surface area contributed by atoms with Crippen LogP contribution in [-0.2, 0) is 0 Å². The van der Waals surface area contributed by atoms with E-state index in [0.29, 0.717) is 16.7 Å². The number of rotatable bonds is 3. The Morgan fingerprint density at radius 2 is 2.11 bits per heavy atom. The molecule has 3 nitrogen and oxygen atoms in total. The lowest BCUT2D eigenvalue weighted by molar-refractivity contribution is 0.873. The smallest absolute Gasteiger partial charge is 0.151 e. The molecule has 0 saturated heterocycles. The van der Waals surface area contributed by atoms with E-state index in [1.54, 1.807) is 23.5 Å². The third kappa shape index (κ3) is 2.76. The molecule has 0 saturated carbocycles. The highest BCUT2D eigenvalue weighted by Crippen LogP contribution is 2.29. The summed E-state index contributed by atoms with van der Waals surface area (Å²) in [5.41, 5.74) is 7.76. The zero-order valence-corrected chi connectivity index (χ0v) is 12.2. The van der Waals surface area contributed by atoms with E-state index in [1.165, 1.54) is 15.3 Å². The minimum absolute atomic E-state index is 0.156. The summed E-state index contributed by atoms with van der Waals surface area (Å²) in [7, 11) is 0. The Kier molecular flexibility index (Phi) is 3.78. The van der Waals surface area contributed by atoms with Crippen molar-refractivity contribution in [2.45, 2.75) is 26.8 Å². The molecule has 0 bridgehead atoms. The monoisotopic (exact) mass is 281 g/mol. The van der Waals surface area contributed by atoms with Crippen LogP contribution in [0.2, 0.25) is 5.15 Å². The first-order valence-corrected chi connectivity index (χ1v) is 6.92. The van der Waals surface area contributed by atoms with Gasteiger partial charge < -0.3 is 11.1 Å². The highest BCUT2D eigenvalue weighted by Gasteiger charge is 2.13. The maximum atomic E-state index is 5.88. The van der Waals surface area contributed by atoms with Crippen molar-refractivity contribution in [2.24, 2.45) is 0 Å². The third-order valence-electron chi connectivity index (χ3n) is 2.79. The molecular weight excluding hydrogens is 266 g/mol.